The fourth-order valence-corrected chi connectivity index (χ4v) is 6.31. The summed E-state index contributed by atoms with van der Waals surface area (Å²) in [6.07, 6.45) is 6.22. The molecule has 134 valence electrons. The molecular formula is C23H25BrNO+. The van der Waals surface area contributed by atoms with Gasteiger partial charge in [0.2, 0.25) is 0 Å². The molecule has 1 saturated heterocycles. The van der Waals surface area contributed by atoms with Gasteiger partial charge >= 0.3 is 0 Å². The van der Waals surface area contributed by atoms with Gasteiger partial charge in [0.25, 0.3) is 0 Å². The smallest absolute Gasteiger partial charge is 0.118 e. The second-order valence-electron chi connectivity index (χ2n) is 8.17. The van der Waals surface area contributed by atoms with E-state index < -0.39 is 0 Å². The molecule has 5 rings (SSSR count). The number of likely N-dealkylation sites (tertiary alicyclic amines) is 1. The van der Waals surface area contributed by atoms with Crippen molar-refractivity contribution in [3.63, 3.8) is 0 Å². The first-order valence-electron chi connectivity index (χ1n) is 9.74. The zero-order chi connectivity index (χ0) is 17.7. The predicted molar refractivity (Wildman–Crippen MR) is 109 cm³/mol. The number of nitrogens with one attached hydrogen (secondary N) is 1. The lowest BCUT2D eigenvalue weighted by atomic mass is 9.73. The van der Waals surface area contributed by atoms with Crippen molar-refractivity contribution < 1.29 is 10.0 Å². The van der Waals surface area contributed by atoms with Crippen LogP contribution < -0.4 is 4.90 Å². The first-order valence-corrected chi connectivity index (χ1v) is 10.5. The number of aliphatic hydroxyl groups is 1. The van der Waals surface area contributed by atoms with Crippen LogP contribution in [0.1, 0.15) is 35.1 Å². The Labute approximate surface area is 163 Å². The fraction of sp³-hybridized carbons (Fsp3) is 0.391. The summed E-state index contributed by atoms with van der Waals surface area (Å²) in [4.78, 5) is 1.59. The number of hydrogen-bond donors (Lipinski definition) is 2. The van der Waals surface area contributed by atoms with Crippen LogP contribution in [0.4, 0.5) is 0 Å². The van der Waals surface area contributed by atoms with Gasteiger partial charge < -0.3 is 10.0 Å². The molecule has 2 aromatic carbocycles. The van der Waals surface area contributed by atoms with Crippen molar-refractivity contribution in [2.45, 2.75) is 43.2 Å². The van der Waals surface area contributed by atoms with E-state index >= 15 is 0 Å². The Morgan fingerprint density at radius 3 is 2.35 bits per heavy atom. The summed E-state index contributed by atoms with van der Waals surface area (Å²) >= 11 is 3.89. The van der Waals surface area contributed by atoms with Crippen molar-refractivity contribution >= 4 is 22.0 Å². The van der Waals surface area contributed by atoms with Crippen molar-refractivity contribution in [1.82, 2.24) is 0 Å². The van der Waals surface area contributed by atoms with Crippen LogP contribution in [0.2, 0.25) is 0 Å². The van der Waals surface area contributed by atoms with Gasteiger partial charge in [0, 0.05) is 35.6 Å². The van der Waals surface area contributed by atoms with Gasteiger partial charge in [-0.05, 0) is 28.3 Å². The molecule has 1 heterocycles. The van der Waals surface area contributed by atoms with Gasteiger partial charge in [0.15, 0.2) is 0 Å². The van der Waals surface area contributed by atoms with Gasteiger partial charge in [0.05, 0.1) is 13.1 Å². The van der Waals surface area contributed by atoms with Crippen molar-refractivity contribution in [3.05, 3.63) is 75.3 Å². The summed E-state index contributed by atoms with van der Waals surface area (Å²) in [6.45, 7) is 2.25. The largest absolute Gasteiger partial charge is 0.387 e. The van der Waals surface area contributed by atoms with E-state index in [1.807, 2.05) is 0 Å². The SMILES string of the molecule is O[C@@H]1Cc2ccccc2C[C@H]1[NH+]1CCC2(CC1)C(Br)=Cc1ccccc12. The van der Waals surface area contributed by atoms with Crippen molar-refractivity contribution in [2.24, 2.45) is 0 Å². The summed E-state index contributed by atoms with van der Waals surface area (Å²) in [6, 6.07) is 17.8. The topological polar surface area (TPSA) is 24.7 Å². The molecule has 2 N–H and O–H groups in total. The van der Waals surface area contributed by atoms with Gasteiger partial charge in [-0.15, -0.1) is 0 Å². The summed E-state index contributed by atoms with van der Waals surface area (Å²) in [5, 5.41) is 10.8. The zero-order valence-corrected chi connectivity index (χ0v) is 16.5. The summed E-state index contributed by atoms with van der Waals surface area (Å²) in [5.41, 5.74) is 5.79. The highest BCUT2D eigenvalue weighted by atomic mass is 79.9. The molecular weight excluding hydrogens is 386 g/mol. The first-order chi connectivity index (χ1) is 12.7. The van der Waals surface area contributed by atoms with E-state index in [-0.39, 0.29) is 11.5 Å². The molecule has 2 aromatic rings. The van der Waals surface area contributed by atoms with Crippen LogP contribution in [0.5, 0.6) is 0 Å². The van der Waals surface area contributed by atoms with E-state index in [0.717, 1.165) is 38.8 Å². The predicted octanol–water partition coefficient (Wildman–Crippen LogP) is 2.88. The number of aliphatic hydroxyl groups excluding tert-OH is 1. The second-order valence-corrected chi connectivity index (χ2v) is 9.03. The normalized spacial score (nSPS) is 32.8. The molecule has 3 aliphatic rings. The Hall–Kier alpha value is -1.42. The van der Waals surface area contributed by atoms with Crippen molar-refractivity contribution in [1.29, 1.82) is 0 Å². The number of fused-ring (bicyclic) bond motifs is 3. The molecule has 1 aliphatic heterocycles. The maximum atomic E-state index is 10.8. The fourth-order valence-electron chi connectivity index (χ4n) is 5.45. The molecule has 3 heteroatoms. The lowest BCUT2D eigenvalue weighted by Gasteiger charge is -2.43. The van der Waals surface area contributed by atoms with Gasteiger partial charge in [-0.3, -0.25) is 0 Å². The zero-order valence-electron chi connectivity index (χ0n) is 14.9. The third-order valence-corrected chi connectivity index (χ3v) is 7.93. The van der Waals surface area contributed by atoms with E-state index in [4.69, 9.17) is 0 Å². The molecule has 1 fully saturated rings. The standard InChI is InChI=1S/C23H24BrNO/c24-22-15-18-7-3-4-8-19(18)23(22)9-11-25(12-10-23)20-13-16-5-1-2-6-17(16)14-21(20)26/h1-8,15,20-21,26H,9-14H2/p+1/t20-,21-/m1/s1. The molecule has 0 saturated carbocycles. The lowest BCUT2D eigenvalue weighted by molar-refractivity contribution is -0.935. The Morgan fingerprint density at radius 2 is 1.58 bits per heavy atom. The summed E-state index contributed by atoms with van der Waals surface area (Å²) in [7, 11) is 0. The molecule has 2 aliphatic carbocycles. The monoisotopic (exact) mass is 410 g/mol. The minimum Gasteiger partial charge on any atom is -0.387 e. The van der Waals surface area contributed by atoms with E-state index in [9.17, 15) is 5.11 Å². The maximum absolute atomic E-state index is 10.8. The number of benzene rings is 2. The minimum atomic E-state index is -0.219. The van der Waals surface area contributed by atoms with Crippen LogP contribution in [0.3, 0.4) is 0 Å². The molecule has 0 bridgehead atoms. The number of piperidine rings is 1. The van der Waals surface area contributed by atoms with Gasteiger partial charge in [-0.1, -0.05) is 64.5 Å². The van der Waals surface area contributed by atoms with Crippen LogP contribution in [0, 0.1) is 0 Å². The molecule has 0 amide bonds. The highest BCUT2D eigenvalue weighted by Gasteiger charge is 2.47. The average molecular weight is 411 g/mol. The molecule has 0 aromatic heterocycles. The number of allylic oxidation sites excluding steroid dienone is 1. The molecule has 0 unspecified atom stereocenters. The van der Waals surface area contributed by atoms with Crippen molar-refractivity contribution in [2.75, 3.05) is 13.1 Å². The average Bonchev–Trinajstić information content (AvgIpc) is 2.94. The molecule has 1 spiro atoms. The van der Waals surface area contributed by atoms with Crippen LogP contribution in [0.15, 0.2) is 53.0 Å². The minimum absolute atomic E-state index is 0.164. The highest BCUT2D eigenvalue weighted by molar-refractivity contribution is 9.11. The van der Waals surface area contributed by atoms with Crippen LogP contribution >= 0.6 is 15.9 Å². The first kappa shape index (κ1) is 16.7. The third-order valence-electron chi connectivity index (χ3n) is 6.94. The van der Waals surface area contributed by atoms with E-state index in [2.05, 4.69) is 70.5 Å². The maximum Gasteiger partial charge on any atom is 0.118 e. The van der Waals surface area contributed by atoms with Crippen molar-refractivity contribution in [3.8, 4) is 0 Å². The highest BCUT2D eigenvalue weighted by Crippen LogP contribution is 2.49. The van der Waals surface area contributed by atoms with E-state index in [1.54, 1.807) is 4.90 Å². The summed E-state index contributed by atoms with van der Waals surface area (Å²) in [5.74, 6) is 0. The molecule has 0 radical (unpaired) electrons. The van der Waals surface area contributed by atoms with E-state index in [0.29, 0.717) is 6.04 Å². The molecule has 26 heavy (non-hydrogen) atoms. The Kier molecular flexibility index (Phi) is 4.07. The number of quaternary nitrogens is 1. The molecule has 2 nitrogen and oxygen atoms in total. The second kappa shape index (κ2) is 6.33. The number of halogens is 1. The Bertz CT molecular complexity index is 866. The van der Waals surface area contributed by atoms with Gasteiger partial charge in [-0.2, -0.15) is 0 Å². The molecule has 2 atom stereocenters. The third kappa shape index (κ3) is 2.52. The lowest BCUT2D eigenvalue weighted by Crippen LogP contribution is -3.18. The Balaban J connectivity index is 1.36. The van der Waals surface area contributed by atoms with E-state index in [1.165, 1.54) is 26.7 Å². The Morgan fingerprint density at radius 1 is 0.923 bits per heavy atom. The van der Waals surface area contributed by atoms with Crippen LogP contribution in [-0.2, 0) is 18.3 Å². The number of hydrogen-bond acceptors (Lipinski definition) is 1. The summed E-state index contributed by atoms with van der Waals surface area (Å²) < 4.78 is 1.35. The number of rotatable bonds is 1. The van der Waals surface area contributed by atoms with Crippen LogP contribution in [0.25, 0.3) is 6.08 Å². The quantitative estimate of drug-likeness (QED) is 0.741. The van der Waals surface area contributed by atoms with Gasteiger partial charge in [0.1, 0.15) is 12.1 Å². The van der Waals surface area contributed by atoms with Crippen LogP contribution in [-0.4, -0.2) is 30.3 Å². The van der Waals surface area contributed by atoms with Gasteiger partial charge in [-0.25, -0.2) is 0 Å².